The first-order valence-electron chi connectivity index (χ1n) is 13.2. The summed E-state index contributed by atoms with van der Waals surface area (Å²) in [5.41, 5.74) is 7.20. The summed E-state index contributed by atoms with van der Waals surface area (Å²) in [5, 5.41) is 9.71. The highest BCUT2D eigenvalue weighted by molar-refractivity contribution is 6.01. The van der Waals surface area contributed by atoms with E-state index >= 15 is 0 Å². The van der Waals surface area contributed by atoms with Crippen LogP contribution in [0.5, 0.6) is 5.75 Å². The number of nitrogens with zero attached hydrogens (tertiary/aromatic N) is 4. The molecule has 2 N–H and O–H groups in total. The molecule has 1 saturated heterocycles. The van der Waals surface area contributed by atoms with Gasteiger partial charge in [0.25, 0.3) is 0 Å². The Morgan fingerprint density at radius 2 is 1.69 bits per heavy atom. The molecule has 0 aliphatic carbocycles. The van der Waals surface area contributed by atoms with Crippen molar-refractivity contribution in [2.24, 2.45) is 0 Å². The summed E-state index contributed by atoms with van der Waals surface area (Å²) in [6.07, 6.45) is 9.61. The van der Waals surface area contributed by atoms with E-state index in [2.05, 4.69) is 48.2 Å². The number of hydrogen-bond donors (Lipinski definition) is 2. The number of fused-ring (bicyclic) bond motifs is 2. The predicted octanol–water partition coefficient (Wildman–Crippen LogP) is 6.45. The van der Waals surface area contributed by atoms with Crippen molar-refractivity contribution in [1.82, 2.24) is 30.0 Å². The fraction of sp³-hybridized carbons (Fsp3) is 0.194. The van der Waals surface area contributed by atoms with Gasteiger partial charge in [0.05, 0.1) is 22.9 Å². The number of ether oxygens (including phenoxy) is 1. The molecule has 1 aliphatic heterocycles. The van der Waals surface area contributed by atoms with Crippen LogP contribution in [0, 0.1) is 5.82 Å². The number of halogens is 1. The first kappa shape index (κ1) is 23.5. The maximum Gasteiger partial charge on any atom is 0.127 e. The van der Waals surface area contributed by atoms with Crippen molar-refractivity contribution >= 4 is 21.8 Å². The molecule has 0 atom stereocenters. The fourth-order valence-corrected chi connectivity index (χ4v) is 5.45. The van der Waals surface area contributed by atoms with Gasteiger partial charge < -0.3 is 9.72 Å². The number of pyridine rings is 2. The van der Waals surface area contributed by atoms with E-state index in [0.29, 0.717) is 12.4 Å². The molecule has 39 heavy (non-hydrogen) atoms. The molecule has 1 fully saturated rings. The average Bonchev–Trinajstić information content (AvgIpc) is 3.72. The fourth-order valence-electron chi connectivity index (χ4n) is 5.45. The lowest BCUT2D eigenvalue weighted by Crippen LogP contribution is -2.25. The Morgan fingerprint density at radius 1 is 0.821 bits per heavy atom. The third kappa shape index (κ3) is 4.64. The largest absolute Gasteiger partial charge is 0.492 e. The third-order valence-electron chi connectivity index (χ3n) is 7.43. The van der Waals surface area contributed by atoms with Gasteiger partial charge in [-0.2, -0.15) is 5.10 Å². The van der Waals surface area contributed by atoms with Crippen LogP contribution >= 0.6 is 0 Å². The lowest BCUT2D eigenvalue weighted by atomic mass is 10.0. The SMILES string of the molecule is Fc1cc(OCCN2CCCC2)cc(-c2cncc3[nH]c(-c4n[nH]c5ccc(-c6ccncc6)cc45)cc23)c1. The van der Waals surface area contributed by atoms with Crippen LogP contribution < -0.4 is 4.74 Å². The van der Waals surface area contributed by atoms with Gasteiger partial charge in [0.2, 0.25) is 0 Å². The lowest BCUT2D eigenvalue weighted by molar-refractivity contribution is 0.237. The lowest BCUT2D eigenvalue weighted by Gasteiger charge is -2.15. The van der Waals surface area contributed by atoms with E-state index in [0.717, 1.165) is 75.1 Å². The Morgan fingerprint density at radius 3 is 2.56 bits per heavy atom. The van der Waals surface area contributed by atoms with Crippen molar-refractivity contribution in [2.75, 3.05) is 26.2 Å². The minimum absolute atomic E-state index is 0.335. The monoisotopic (exact) mass is 518 g/mol. The van der Waals surface area contributed by atoms with Gasteiger partial charge in [0.15, 0.2) is 0 Å². The van der Waals surface area contributed by atoms with Gasteiger partial charge in [-0.05, 0) is 85.1 Å². The number of likely N-dealkylation sites (tertiary alicyclic amines) is 1. The molecule has 7 nitrogen and oxygen atoms in total. The van der Waals surface area contributed by atoms with Gasteiger partial charge in [-0.25, -0.2) is 4.39 Å². The summed E-state index contributed by atoms with van der Waals surface area (Å²) in [6, 6.07) is 17.1. The second-order valence-corrected chi connectivity index (χ2v) is 9.97. The molecule has 7 rings (SSSR count). The zero-order chi connectivity index (χ0) is 26.2. The Kier molecular flexibility index (Phi) is 6.01. The second kappa shape index (κ2) is 9.96. The number of nitrogens with one attached hydrogen (secondary N) is 2. The number of benzene rings is 2. The Hall–Kier alpha value is -4.56. The van der Waals surface area contributed by atoms with E-state index in [4.69, 9.17) is 4.74 Å². The molecular weight excluding hydrogens is 491 g/mol. The molecular formula is C31H27FN6O. The molecule has 0 unspecified atom stereocenters. The highest BCUT2D eigenvalue weighted by Crippen LogP contribution is 2.36. The van der Waals surface area contributed by atoms with E-state index in [1.165, 1.54) is 25.0 Å². The number of aromatic amines is 2. The standard InChI is InChI=1S/C31H27FN6O/c32-23-13-22(14-24(16-23)39-12-11-38-9-1-2-10-38)27-18-34-19-30-25(27)17-29(35-30)31-26-15-21(3-4-28(26)36-37-31)20-5-7-33-8-6-20/h3-8,13-19,35H,1-2,9-12H2,(H,36,37). The number of H-pyrrole nitrogens is 2. The van der Waals surface area contributed by atoms with Crippen LogP contribution in [-0.2, 0) is 0 Å². The first-order valence-corrected chi connectivity index (χ1v) is 13.2. The minimum atomic E-state index is -0.335. The van der Waals surface area contributed by atoms with Crippen molar-refractivity contribution in [3.63, 3.8) is 0 Å². The Bertz CT molecular complexity index is 1770. The summed E-state index contributed by atoms with van der Waals surface area (Å²) in [6.45, 7) is 3.60. The predicted molar refractivity (Wildman–Crippen MR) is 151 cm³/mol. The van der Waals surface area contributed by atoms with E-state index in [1.807, 2.05) is 24.3 Å². The normalized spacial score (nSPS) is 14.0. The zero-order valence-electron chi connectivity index (χ0n) is 21.3. The quantitative estimate of drug-likeness (QED) is 0.254. The summed E-state index contributed by atoms with van der Waals surface area (Å²) < 4.78 is 20.6. The van der Waals surface area contributed by atoms with E-state index in [-0.39, 0.29) is 5.82 Å². The molecule has 0 saturated carbocycles. The molecule has 0 radical (unpaired) electrons. The van der Waals surface area contributed by atoms with Gasteiger partial charge in [-0.3, -0.25) is 20.0 Å². The maximum absolute atomic E-state index is 14.7. The molecule has 0 bridgehead atoms. The number of hydrogen-bond acceptors (Lipinski definition) is 5. The van der Waals surface area contributed by atoms with Gasteiger partial charge >= 0.3 is 0 Å². The topological polar surface area (TPSA) is 82.7 Å². The number of rotatable bonds is 7. The summed E-state index contributed by atoms with van der Waals surface area (Å²) in [5.74, 6) is 0.192. The van der Waals surface area contributed by atoms with Crippen LogP contribution in [0.3, 0.4) is 0 Å². The van der Waals surface area contributed by atoms with Gasteiger partial charge in [-0.15, -0.1) is 0 Å². The van der Waals surface area contributed by atoms with Crippen molar-refractivity contribution < 1.29 is 9.13 Å². The first-order chi connectivity index (χ1) is 19.2. The van der Waals surface area contributed by atoms with Crippen molar-refractivity contribution in [1.29, 1.82) is 0 Å². The Labute approximate surface area is 224 Å². The molecule has 1 aliphatic rings. The summed E-state index contributed by atoms with van der Waals surface area (Å²) in [7, 11) is 0. The molecule has 4 aromatic heterocycles. The van der Waals surface area contributed by atoms with Crippen molar-refractivity contribution in [3.8, 4) is 39.4 Å². The van der Waals surface area contributed by atoms with Crippen LogP contribution in [-0.4, -0.2) is 56.3 Å². The van der Waals surface area contributed by atoms with Gasteiger partial charge in [0.1, 0.15) is 23.9 Å². The molecule has 8 heteroatoms. The average molecular weight is 519 g/mol. The van der Waals surface area contributed by atoms with Crippen LogP contribution in [0.1, 0.15) is 12.8 Å². The number of aromatic nitrogens is 5. The molecule has 194 valence electrons. The Balaban J connectivity index is 1.23. The summed E-state index contributed by atoms with van der Waals surface area (Å²) >= 11 is 0. The highest BCUT2D eigenvalue weighted by atomic mass is 19.1. The highest BCUT2D eigenvalue weighted by Gasteiger charge is 2.16. The third-order valence-corrected chi connectivity index (χ3v) is 7.43. The van der Waals surface area contributed by atoms with E-state index in [1.54, 1.807) is 24.8 Å². The molecule has 5 heterocycles. The van der Waals surface area contributed by atoms with Crippen molar-refractivity contribution in [2.45, 2.75) is 12.8 Å². The minimum Gasteiger partial charge on any atom is -0.492 e. The summed E-state index contributed by atoms with van der Waals surface area (Å²) in [4.78, 5) is 14.4. The smallest absolute Gasteiger partial charge is 0.127 e. The maximum atomic E-state index is 14.7. The molecule has 0 spiro atoms. The second-order valence-electron chi connectivity index (χ2n) is 9.97. The van der Waals surface area contributed by atoms with Gasteiger partial charge in [-0.1, -0.05) is 6.07 Å². The van der Waals surface area contributed by atoms with Crippen LogP contribution in [0.4, 0.5) is 4.39 Å². The molecule has 0 amide bonds. The molecule has 2 aromatic carbocycles. The van der Waals surface area contributed by atoms with E-state index < -0.39 is 0 Å². The van der Waals surface area contributed by atoms with Crippen LogP contribution in [0.25, 0.3) is 55.4 Å². The van der Waals surface area contributed by atoms with Crippen molar-refractivity contribution in [3.05, 3.63) is 85.2 Å². The van der Waals surface area contributed by atoms with E-state index in [9.17, 15) is 4.39 Å². The van der Waals surface area contributed by atoms with Crippen LogP contribution in [0.15, 0.2) is 79.4 Å². The zero-order valence-corrected chi connectivity index (χ0v) is 21.3. The van der Waals surface area contributed by atoms with Gasteiger partial charge in [0, 0.05) is 47.5 Å². The molecule has 6 aromatic rings. The van der Waals surface area contributed by atoms with Crippen LogP contribution in [0.2, 0.25) is 0 Å².